The predicted molar refractivity (Wildman–Crippen MR) is 158 cm³/mol. The molecule has 0 radical (unpaired) electrons. The Hall–Kier alpha value is -4.26. The average molecular weight is 550 g/mol. The van der Waals surface area contributed by atoms with Crippen molar-refractivity contribution >= 4 is 16.0 Å². The van der Waals surface area contributed by atoms with E-state index >= 15 is 0 Å². The van der Waals surface area contributed by atoms with Gasteiger partial charge in [-0.15, -0.1) is 0 Å². The number of sulfonamides is 1. The highest BCUT2D eigenvalue weighted by Gasteiger charge is 2.32. The van der Waals surface area contributed by atoms with Crippen molar-refractivity contribution in [2.24, 2.45) is 0 Å². The van der Waals surface area contributed by atoms with E-state index in [1.54, 1.807) is 24.3 Å². The number of methoxy groups -OCH3 is 1. The summed E-state index contributed by atoms with van der Waals surface area (Å²) in [6.45, 7) is 2.07. The second-order valence-electron chi connectivity index (χ2n) is 9.79. The molecule has 0 fully saturated rings. The first-order chi connectivity index (χ1) is 19.4. The van der Waals surface area contributed by atoms with Crippen molar-refractivity contribution in [3.8, 4) is 11.1 Å². The van der Waals surface area contributed by atoms with Gasteiger partial charge in [0.15, 0.2) is 0 Å². The van der Waals surface area contributed by atoms with E-state index in [1.807, 2.05) is 104 Å². The topological polar surface area (TPSA) is 72.5 Å². The first-order valence-corrected chi connectivity index (χ1v) is 14.6. The molecule has 5 rings (SSSR count). The monoisotopic (exact) mass is 549 g/mol. The highest BCUT2D eigenvalue weighted by atomic mass is 32.2. The van der Waals surface area contributed by atoms with Gasteiger partial charge in [-0.05, 0) is 52.4 Å². The second-order valence-corrected chi connectivity index (χ2v) is 11.6. The van der Waals surface area contributed by atoms with Crippen molar-refractivity contribution < 1.29 is 17.9 Å². The number of benzene rings is 3. The highest BCUT2D eigenvalue weighted by Crippen LogP contribution is 2.43. The van der Waals surface area contributed by atoms with Crippen LogP contribution in [0, 0.1) is 6.92 Å². The average Bonchev–Trinajstić information content (AvgIpc) is 3.14. The Bertz CT molecular complexity index is 1670. The summed E-state index contributed by atoms with van der Waals surface area (Å²) in [5, 5.41) is 0. The lowest BCUT2D eigenvalue weighted by atomic mass is 9.90. The molecular formula is C34H31NO4S. The summed E-state index contributed by atoms with van der Waals surface area (Å²) in [5.74, 6) is -1.30. The number of fused-ring (bicyclic) bond motifs is 1. The number of aryl methyl sites for hydroxylation is 1. The summed E-state index contributed by atoms with van der Waals surface area (Å²) >= 11 is 0. The fraction of sp³-hybridized carbons (Fsp3) is 0.147. The van der Waals surface area contributed by atoms with Crippen LogP contribution in [0.4, 0.5) is 0 Å². The van der Waals surface area contributed by atoms with E-state index in [1.165, 1.54) is 7.11 Å². The lowest BCUT2D eigenvalue weighted by molar-refractivity contribution is -0.141. The molecule has 2 aliphatic rings. The van der Waals surface area contributed by atoms with E-state index in [-0.39, 0.29) is 23.3 Å². The number of rotatable bonds is 9. The molecule has 0 heterocycles. The molecule has 5 nitrogen and oxygen atoms in total. The molecule has 1 N–H and O–H groups in total. The number of carbonyl (C=O) groups excluding carboxylic acids is 1. The van der Waals surface area contributed by atoms with Gasteiger partial charge in [-0.25, -0.2) is 13.1 Å². The van der Waals surface area contributed by atoms with E-state index in [9.17, 15) is 13.2 Å². The van der Waals surface area contributed by atoms with Crippen molar-refractivity contribution in [1.82, 2.24) is 4.72 Å². The highest BCUT2D eigenvalue weighted by molar-refractivity contribution is 7.89. The van der Waals surface area contributed by atoms with E-state index < -0.39 is 15.9 Å². The van der Waals surface area contributed by atoms with Crippen molar-refractivity contribution in [3.63, 3.8) is 0 Å². The maximum absolute atomic E-state index is 13.3. The molecule has 0 aliphatic heterocycles. The summed E-state index contributed by atoms with van der Waals surface area (Å²) in [6.07, 6.45) is 0. The zero-order chi connectivity index (χ0) is 28.1. The molecule has 2 aliphatic carbocycles. The summed E-state index contributed by atoms with van der Waals surface area (Å²) in [7, 11) is -2.35. The normalized spacial score (nSPS) is 13.1. The van der Waals surface area contributed by atoms with Crippen LogP contribution in [-0.4, -0.2) is 28.0 Å². The Morgan fingerprint density at radius 1 is 0.725 bits per heavy atom. The van der Waals surface area contributed by atoms with Crippen LogP contribution >= 0.6 is 0 Å². The molecule has 6 heteroatoms. The van der Waals surface area contributed by atoms with Crippen molar-refractivity contribution in [3.05, 3.63) is 149 Å². The Morgan fingerprint density at radius 3 is 1.82 bits per heavy atom. The lowest BCUT2D eigenvalue weighted by Crippen LogP contribution is -2.29. The van der Waals surface area contributed by atoms with Gasteiger partial charge in [0.05, 0.1) is 12.0 Å². The standard InChI is InChI=1S/C34H31NO4S/c1-24-18-20-27(21-19-24)40(37,38)35-23-32(25-12-6-3-7-13-25)30-22-31(29-17-11-5-10-16-28(29)30)33(34(36)39-2)26-14-8-4-9-15-26/h3-22,32-33,35H,23H2,1-2H3. The number of hydrogen-bond donors (Lipinski definition) is 1. The molecule has 0 saturated carbocycles. The molecule has 0 saturated heterocycles. The van der Waals surface area contributed by atoms with Crippen LogP contribution in [0.1, 0.15) is 39.7 Å². The van der Waals surface area contributed by atoms with Crippen LogP contribution in [0.5, 0.6) is 0 Å². The van der Waals surface area contributed by atoms with Crippen LogP contribution in [0.15, 0.2) is 126 Å². The van der Waals surface area contributed by atoms with Gasteiger partial charge in [0.1, 0.15) is 5.92 Å². The minimum Gasteiger partial charge on any atom is -0.468 e. The van der Waals surface area contributed by atoms with E-state index in [4.69, 9.17) is 4.74 Å². The van der Waals surface area contributed by atoms with E-state index in [0.29, 0.717) is 0 Å². The van der Waals surface area contributed by atoms with Crippen LogP contribution in [-0.2, 0) is 19.6 Å². The summed E-state index contributed by atoms with van der Waals surface area (Å²) in [6, 6.07) is 38.2. The fourth-order valence-corrected chi connectivity index (χ4v) is 6.24. The smallest absolute Gasteiger partial charge is 0.317 e. The molecule has 202 valence electrons. The number of esters is 1. The lowest BCUT2D eigenvalue weighted by Gasteiger charge is -2.19. The maximum atomic E-state index is 13.3. The van der Waals surface area contributed by atoms with E-state index in [0.717, 1.165) is 38.9 Å². The second kappa shape index (κ2) is 11.9. The van der Waals surface area contributed by atoms with Gasteiger partial charge < -0.3 is 4.74 Å². The molecule has 0 amide bonds. The Morgan fingerprint density at radius 2 is 1.25 bits per heavy atom. The van der Waals surface area contributed by atoms with Crippen molar-refractivity contribution in [2.45, 2.75) is 23.7 Å². The van der Waals surface area contributed by atoms with Crippen LogP contribution in [0.3, 0.4) is 0 Å². The molecule has 2 unspecified atom stereocenters. The maximum Gasteiger partial charge on any atom is 0.317 e. The van der Waals surface area contributed by atoms with Gasteiger partial charge in [0.2, 0.25) is 10.0 Å². The summed E-state index contributed by atoms with van der Waals surface area (Å²) < 4.78 is 34.7. The third-order valence-corrected chi connectivity index (χ3v) is 8.68. The van der Waals surface area contributed by atoms with Crippen LogP contribution in [0.2, 0.25) is 0 Å². The number of hydrogen-bond acceptors (Lipinski definition) is 4. The van der Waals surface area contributed by atoms with Gasteiger partial charge in [0, 0.05) is 12.5 Å². The Balaban J connectivity index is 1.64. The van der Waals surface area contributed by atoms with Gasteiger partial charge in [-0.2, -0.15) is 0 Å². The zero-order valence-corrected chi connectivity index (χ0v) is 23.3. The third kappa shape index (κ3) is 5.69. The molecule has 2 atom stereocenters. The predicted octanol–water partition coefficient (Wildman–Crippen LogP) is 6.52. The molecule has 40 heavy (non-hydrogen) atoms. The SMILES string of the molecule is COC(=O)C(c1ccccc1)c1cc(C(CNS(=O)(=O)c2ccc(C)cc2)c2ccccc2)c2cccccc1-2. The first kappa shape index (κ1) is 27.3. The zero-order valence-electron chi connectivity index (χ0n) is 22.5. The van der Waals surface area contributed by atoms with Gasteiger partial charge in [-0.3, -0.25) is 4.79 Å². The van der Waals surface area contributed by atoms with Crippen LogP contribution in [0.25, 0.3) is 11.1 Å². The molecule has 0 bridgehead atoms. The van der Waals surface area contributed by atoms with Crippen LogP contribution < -0.4 is 4.72 Å². The minimum absolute atomic E-state index is 0.144. The molecular weight excluding hydrogens is 518 g/mol. The summed E-state index contributed by atoms with van der Waals surface area (Å²) in [4.78, 5) is 13.4. The molecule has 0 aromatic heterocycles. The quantitative estimate of drug-likeness (QED) is 0.213. The van der Waals surface area contributed by atoms with Gasteiger partial charge in [0.25, 0.3) is 0 Å². The minimum atomic E-state index is -3.75. The number of carbonyl (C=O) groups is 1. The van der Waals surface area contributed by atoms with Gasteiger partial charge >= 0.3 is 5.97 Å². The van der Waals surface area contributed by atoms with E-state index in [2.05, 4.69) is 4.72 Å². The largest absolute Gasteiger partial charge is 0.468 e. The number of nitrogens with one attached hydrogen (secondary N) is 1. The van der Waals surface area contributed by atoms with Gasteiger partial charge in [-0.1, -0.05) is 115 Å². The fourth-order valence-electron chi connectivity index (χ4n) is 5.19. The Kier molecular flexibility index (Phi) is 8.10. The summed E-state index contributed by atoms with van der Waals surface area (Å²) in [5.41, 5.74) is 6.41. The molecule has 3 aromatic carbocycles. The first-order valence-electron chi connectivity index (χ1n) is 13.1. The molecule has 0 spiro atoms. The Labute approximate surface area is 235 Å². The van der Waals surface area contributed by atoms with Crippen molar-refractivity contribution in [1.29, 1.82) is 0 Å². The third-order valence-electron chi connectivity index (χ3n) is 7.24. The number of ether oxygens (including phenoxy) is 1. The van der Waals surface area contributed by atoms with Crippen molar-refractivity contribution in [2.75, 3.05) is 13.7 Å². The molecule has 3 aromatic rings.